The van der Waals surface area contributed by atoms with Gasteiger partial charge in [-0.2, -0.15) is 0 Å². The third-order valence-electron chi connectivity index (χ3n) is 5.25. The van der Waals surface area contributed by atoms with E-state index in [4.69, 9.17) is 4.74 Å². The largest absolute Gasteiger partial charge is 0.467 e. The summed E-state index contributed by atoms with van der Waals surface area (Å²) in [6.07, 6.45) is 3.22. The summed E-state index contributed by atoms with van der Waals surface area (Å²) in [5.74, 6) is -1.59. The number of methoxy groups -OCH3 is 1. The first-order valence-electron chi connectivity index (χ1n) is 9.29. The van der Waals surface area contributed by atoms with Crippen molar-refractivity contribution >= 4 is 11.9 Å². The topological polar surface area (TPSA) is 97.3 Å². The van der Waals surface area contributed by atoms with E-state index in [1.807, 2.05) is 0 Å². The lowest BCUT2D eigenvalue weighted by Crippen LogP contribution is -2.50. The maximum absolute atomic E-state index is 13.5. The highest BCUT2D eigenvalue weighted by Gasteiger charge is 2.38. The van der Waals surface area contributed by atoms with Crippen molar-refractivity contribution in [3.8, 4) is 5.69 Å². The number of carbonyl (C=O) groups excluding carboxylic acids is 2. The molecule has 0 saturated heterocycles. The zero-order chi connectivity index (χ0) is 21.4. The van der Waals surface area contributed by atoms with Crippen molar-refractivity contribution in [2.45, 2.75) is 25.9 Å². The van der Waals surface area contributed by atoms with Crippen LogP contribution in [-0.2, 0) is 22.5 Å². The number of aryl methyl sites for hydroxylation is 1. The summed E-state index contributed by atoms with van der Waals surface area (Å²) in [4.78, 5) is 47.5. The number of pyridine rings is 1. The molecule has 3 heterocycles. The molecular formula is C21H19FN4O4. The normalized spacial score (nSPS) is 15.6. The molecule has 0 aliphatic carbocycles. The van der Waals surface area contributed by atoms with Gasteiger partial charge in [0.05, 0.1) is 31.4 Å². The fourth-order valence-electron chi connectivity index (χ4n) is 3.63. The first-order valence-corrected chi connectivity index (χ1v) is 9.29. The summed E-state index contributed by atoms with van der Waals surface area (Å²) in [5, 5.41) is 0. The molecule has 9 heteroatoms. The molecule has 1 aromatic carbocycles. The first-order chi connectivity index (χ1) is 14.4. The Labute approximate surface area is 170 Å². The van der Waals surface area contributed by atoms with Crippen molar-refractivity contribution in [3.05, 3.63) is 81.5 Å². The number of imidazole rings is 1. The van der Waals surface area contributed by atoms with E-state index in [1.165, 1.54) is 53.4 Å². The molecule has 3 aromatic rings. The maximum atomic E-state index is 13.5. The van der Waals surface area contributed by atoms with Gasteiger partial charge in [-0.1, -0.05) is 0 Å². The Morgan fingerprint density at radius 1 is 1.23 bits per heavy atom. The van der Waals surface area contributed by atoms with Crippen LogP contribution >= 0.6 is 0 Å². The third-order valence-corrected chi connectivity index (χ3v) is 5.25. The molecule has 1 N–H and O–H groups in total. The lowest BCUT2D eigenvalue weighted by Gasteiger charge is -2.33. The van der Waals surface area contributed by atoms with Crippen LogP contribution in [0.1, 0.15) is 27.3 Å². The van der Waals surface area contributed by atoms with Gasteiger partial charge in [0.2, 0.25) is 0 Å². The van der Waals surface area contributed by atoms with Crippen LogP contribution in [-0.4, -0.2) is 44.5 Å². The van der Waals surface area contributed by atoms with E-state index in [-0.39, 0.29) is 18.5 Å². The number of amides is 1. The summed E-state index contributed by atoms with van der Waals surface area (Å²) >= 11 is 0. The van der Waals surface area contributed by atoms with Gasteiger partial charge >= 0.3 is 5.97 Å². The SMILES string of the molecule is COC(=O)C1Cc2nc[nH]c2CN1C(=O)c1c(C)ccn(-c2ccc(F)cc2)c1=O. The van der Waals surface area contributed by atoms with Crippen LogP contribution in [0.5, 0.6) is 0 Å². The highest BCUT2D eigenvalue weighted by Crippen LogP contribution is 2.24. The Bertz CT molecular complexity index is 1180. The van der Waals surface area contributed by atoms with Gasteiger partial charge in [-0.3, -0.25) is 14.2 Å². The van der Waals surface area contributed by atoms with Gasteiger partial charge in [-0.25, -0.2) is 14.2 Å². The van der Waals surface area contributed by atoms with Crippen molar-refractivity contribution < 1.29 is 18.7 Å². The number of carbonyl (C=O) groups is 2. The molecule has 1 aliphatic heterocycles. The number of hydrogen-bond acceptors (Lipinski definition) is 5. The number of halogens is 1. The van der Waals surface area contributed by atoms with Crippen LogP contribution in [0.25, 0.3) is 5.69 Å². The van der Waals surface area contributed by atoms with E-state index in [0.29, 0.717) is 22.6 Å². The first kappa shape index (κ1) is 19.6. The molecule has 0 radical (unpaired) electrons. The molecule has 2 aromatic heterocycles. The number of rotatable bonds is 3. The van der Waals surface area contributed by atoms with E-state index < -0.39 is 29.3 Å². The molecule has 1 atom stereocenters. The van der Waals surface area contributed by atoms with E-state index in [9.17, 15) is 18.8 Å². The van der Waals surface area contributed by atoms with Crippen LogP contribution in [0.2, 0.25) is 0 Å². The Kier molecular flexibility index (Phi) is 4.94. The van der Waals surface area contributed by atoms with Crippen LogP contribution in [0, 0.1) is 12.7 Å². The summed E-state index contributed by atoms with van der Waals surface area (Å²) in [7, 11) is 1.25. The highest BCUT2D eigenvalue weighted by atomic mass is 19.1. The molecule has 0 bridgehead atoms. The summed E-state index contributed by atoms with van der Waals surface area (Å²) in [5.41, 5.74) is 1.68. The second kappa shape index (κ2) is 7.58. The average molecular weight is 410 g/mol. The van der Waals surface area contributed by atoms with Crippen molar-refractivity contribution in [1.29, 1.82) is 0 Å². The zero-order valence-electron chi connectivity index (χ0n) is 16.4. The molecule has 1 aliphatic rings. The number of hydrogen-bond donors (Lipinski definition) is 1. The minimum Gasteiger partial charge on any atom is -0.467 e. The monoisotopic (exact) mass is 410 g/mol. The number of fused-ring (bicyclic) bond motifs is 1. The molecule has 4 rings (SSSR count). The molecule has 0 saturated carbocycles. The van der Waals surface area contributed by atoms with E-state index >= 15 is 0 Å². The second-order valence-corrected chi connectivity index (χ2v) is 7.03. The molecule has 1 unspecified atom stereocenters. The van der Waals surface area contributed by atoms with Gasteiger partial charge in [0.1, 0.15) is 17.4 Å². The lowest BCUT2D eigenvalue weighted by atomic mass is 10.0. The van der Waals surface area contributed by atoms with Crippen LogP contribution in [0.4, 0.5) is 4.39 Å². The fourth-order valence-corrected chi connectivity index (χ4v) is 3.63. The standard InChI is InChI=1S/C21H19FN4O4/c1-12-7-8-25(14-5-3-13(22)4-6-14)19(27)18(12)20(28)26-10-16-15(23-11-24-16)9-17(26)21(29)30-2/h3-8,11,17H,9-10H2,1-2H3,(H,23,24). The van der Waals surface area contributed by atoms with Crippen molar-refractivity contribution in [2.75, 3.05) is 7.11 Å². The minimum atomic E-state index is -0.892. The molecule has 8 nitrogen and oxygen atoms in total. The highest BCUT2D eigenvalue weighted by molar-refractivity contribution is 5.98. The number of H-pyrrole nitrogens is 1. The Balaban J connectivity index is 1.78. The van der Waals surface area contributed by atoms with E-state index in [1.54, 1.807) is 13.0 Å². The molecule has 154 valence electrons. The zero-order valence-corrected chi connectivity index (χ0v) is 16.4. The predicted octanol–water partition coefficient (Wildman–Crippen LogP) is 1.75. The average Bonchev–Trinajstić information content (AvgIpc) is 3.20. The van der Waals surface area contributed by atoms with Crippen molar-refractivity contribution in [2.24, 2.45) is 0 Å². The van der Waals surface area contributed by atoms with Crippen LogP contribution in [0.3, 0.4) is 0 Å². The number of esters is 1. The Morgan fingerprint density at radius 2 is 1.97 bits per heavy atom. The van der Waals surface area contributed by atoms with Gasteiger partial charge in [-0.05, 0) is 42.8 Å². The number of aromatic nitrogens is 3. The maximum Gasteiger partial charge on any atom is 0.329 e. The Morgan fingerprint density at radius 3 is 2.67 bits per heavy atom. The number of nitrogens with zero attached hydrogens (tertiary/aromatic N) is 3. The number of benzene rings is 1. The summed E-state index contributed by atoms with van der Waals surface area (Å²) < 4.78 is 19.4. The molecule has 0 fully saturated rings. The van der Waals surface area contributed by atoms with Gasteiger partial charge in [-0.15, -0.1) is 0 Å². The predicted molar refractivity (Wildman–Crippen MR) is 105 cm³/mol. The number of nitrogens with one attached hydrogen (secondary N) is 1. The summed E-state index contributed by atoms with van der Waals surface area (Å²) in [6.45, 7) is 1.75. The smallest absolute Gasteiger partial charge is 0.329 e. The van der Waals surface area contributed by atoms with Gasteiger partial charge in [0, 0.05) is 18.3 Å². The van der Waals surface area contributed by atoms with E-state index in [2.05, 4.69) is 9.97 Å². The third kappa shape index (κ3) is 3.28. The van der Waals surface area contributed by atoms with Crippen LogP contribution in [0.15, 0.2) is 47.7 Å². The number of aromatic amines is 1. The minimum absolute atomic E-state index is 0.0568. The molecule has 30 heavy (non-hydrogen) atoms. The van der Waals surface area contributed by atoms with Crippen LogP contribution < -0.4 is 5.56 Å². The lowest BCUT2D eigenvalue weighted by molar-refractivity contribution is -0.146. The second-order valence-electron chi connectivity index (χ2n) is 7.03. The summed E-state index contributed by atoms with van der Waals surface area (Å²) in [6, 6.07) is 6.12. The van der Waals surface area contributed by atoms with Gasteiger partial charge < -0.3 is 14.6 Å². The van der Waals surface area contributed by atoms with Crippen molar-refractivity contribution in [1.82, 2.24) is 19.4 Å². The quantitative estimate of drug-likeness (QED) is 0.664. The van der Waals surface area contributed by atoms with E-state index in [0.717, 1.165) is 0 Å². The van der Waals surface area contributed by atoms with Gasteiger partial charge in [0.25, 0.3) is 11.5 Å². The molecular weight excluding hydrogens is 391 g/mol. The molecule has 0 spiro atoms. The fraction of sp³-hybridized carbons (Fsp3) is 0.238. The molecule has 1 amide bonds. The Hall–Kier alpha value is -3.75. The number of ether oxygens (including phenoxy) is 1. The van der Waals surface area contributed by atoms with Crippen molar-refractivity contribution in [3.63, 3.8) is 0 Å². The van der Waals surface area contributed by atoms with Gasteiger partial charge in [0.15, 0.2) is 0 Å².